The molecule has 9 rings (SSSR count). The van der Waals surface area contributed by atoms with Crippen LogP contribution in [0.1, 0.15) is 73.8 Å². The fourth-order valence-electron chi connectivity index (χ4n) is 7.34. The Bertz CT molecular complexity index is 2760. The summed E-state index contributed by atoms with van der Waals surface area (Å²) >= 11 is 0. The van der Waals surface area contributed by atoms with E-state index < -0.39 is 17.6 Å². The van der Waals surface area contributed by atoms with E-state index in [0.29, 0.717) is 67.0 Å². The number of carbonyl (C=O) groups is 2. The van der Waals surface area contributed by atoms with Crippen LogP contribution < -0.4 is 26.4 Å². The first-order chi connectivity index (χ1) is 30.1. The Morgan fingerprint density at radius 3 is 2.24 bits per heavy atom. The van der Waals surface area contributed by atoms with E-state index in [1.54, 1.807) is 22.8 Å². The van der Waals surface area contributed by atoms with Crippen LogP contribution in [0, 0.1) is 24.4 Å². The molecule has 62 heavy (non-hydrogen) atoms. The normalized spacial score (nSPS) is 13.4. The molecule has 15 nitrogen and oxygen atoms in total. The molecule has 3 aromatic carbocycles. The molecule has 0 atom stereocenters. The van der Waals surface area contributed by atoms with Crippen molar-refractivity contribution in [2.75, 3.05) is 29.2 Å². The maximum atomic E-state index is 14.4. The molecular formula is C44H42F3N11O4. The van der Waals surface area contributed by atoms with Gasteiger partial charge in [-0.15, -0.1) is 0 Å². The fourth-order valence-corrected chi connectivity index (χ4v) is 7.34. The zero-order valence-electron chi connectivity index (χ0n) is 33.6. The lowest BCUT2D eigenvalue weighted by Gasteiger charge is -2.16. The van der Waals surface area contributed by atoms with Crippen LogP contribution >= 0.6 is 0 Å². The monoisotopic (exact) mass is 845 g/mol. The van der Waals surface area contributed by atoms with Crippen LogP contribution in [0.2, 0.25) is 0 Å². The number of carbonyl (C=O) groups excluding carboxylic acids is 2. The number of hydrogen-bond acceptors (Lipinski definition) is 11. The minimum absolute atomic E-state index is 0.0901. The quantitative estimate of drug-likeness (QED) is 0.0941. The molecule has 0 unspecified atom stereocenters. The predicted molar refractivity (Wildman–Crippen MR) is 225 cm³/mol. The van der Waals surface area contributed by atoms with Gasteiger partial charge in [-0.3, -0.25) is 19.5 Å². The summed E-state index contributed by atoms with van der Waals surface area (Å²) in [4.78, 5) is 49.2. The van der Waals surface area contributed by atoms with Crippen molar-refractivity contribution in [3.05, 3.63) is 142 Å². The summed E-state index contributed by atoms with van der Waals surface area (Å²) in [6.45, 7) is 4.07. The van der Waals surface area contributed by atoms with Gasteiger partial charge in [0.25, 0.3) is 5.91 Å². The Balaban J connectivity index is 0.000000174. The summed E-state index contributed by atoms with van der Waals surface area (Å²) < 4.78 is 54.6. The highest BCUT2D eigenvalue weighted by Crippen LogP contribution is 2.33. The molecule has 7 aromatic rings. The highest BCUT2D eigenvalue weighted by atomic mass is 19.1. The van der Waals surface area contributed by atoms with Gasteiger partial charge in [-0.25, -0.2) is 23.1 Å². The summed E-state index contributed by atoms with van der Waals surface area (Å²) in [5.74, 6) is -0.246. The van der Waals surface area contributed by atoms with Gasteiger partial charge in [0.1, 0.15) is 34.8 Å². The predicted octanol–water partition coefficient (Wildman–Crippen LogP) is 7.10. The Morgan fingerprint density at radius 2 is 1.55 bits per heavy atom. The topological polar surface area (TPSA) is 200 Å². The van der Waals surface area contributed by atoms with Gasteiger partial charge >= 0.3 is 0 Å². The third kappa shape index (κ3) is 9.49. The largest absolute Gasteiger partial charge is 0.477 e. The number of H-pyrrole nitrogens is 1. The maximum Gasteiger partial charge on any atom is 0.278 e. The number of aryl methyl sites for hydroxylation is 1. The summed E-state index contributed by atoms with van der Waals surface area (Å²) in [6.07, 6.45) is 7.06. The van der Waals surface area contributed by atoms with Crippen molar-refractivity contribution in [2.45, 2.75) is 58.7 Å². The number of nitrogens with zero attached hydrogens (tertiary/aromatic N) is 6. The van der Waals surface area contributed by atoms with E-state index in [2.05, 4.69) is 40.9 Å². The highest BCUT2D eigenvalue weighted by Gasteiger charge is 2.23. The number of rotatable bonds is 10. The Labute approximate surface area is 353 Å². The van der Waals surface area contributed by atoms with Gasteiger partial charge in [-0.2, -0.15) is 15.0 Å². The van der Waals surface area contributed by atoms with Crippen LogP contribution in [0.4, 0.5) is 30.8 Å². The van der Waals surface area contributed by atoms with Crippen molar-refractivity contribution < 1.29 is 32.2 Å². The lowest BCUT2D eigenvalue weighted by atomic mass is 10.1. The maximum absolute atomic E-state index is 14.4. The van der Waals surface area contributed by atoms with Crippen molar-refractivity contribution in [1.29, 1.82) is 0 Å². The number of amides is 2. The van der Waals surface area contributed by atoms with Crippen molar-refractivity contribution in [2.24, 2.45) is 5.73 Å². The van der Waals surface area contributed by atoms with Gasteiger partial charge in [0.15, 0.2) is 0 Å². The van der Waals surface area contributed by atoms with Gasteiger partial charge in [0.05, 0.1) is 41.9 Å². The molecule has 0 bridgehead atoms. The lowest BCUT2D eigenvalue weighted by Crippen LogP contribution is -2.17. The molecule has 4 aromatic heterocycles. The number of hydrogen-bond donors (Lipinski definition) is 5. The molecule has 0 radical (unpaired) electrons. The molecule has 0 spiro atoms. The van der Waals surface area contributed by atoms with Gasteiger partial charge in [0.2, 0.25) is 23.7 Å². The number of anilines is 3. The molecule has 0 saturated carbocycles. The zero-order chi connectivity index (χ0) is 43.2. The van der Waals surface area contributed by atoms with Crippen molar-refractivity contribution >= 4 is 40.3 Å². The highest BCUT2D eigenvalue weighted by molar-refractivity contribution is 6.06. The first-order valence-corrected chi connectivity index (χ1v) is 20.0. The minimum atomic E-state index is -0.717. The Kier molecular flexibility index (Phi) is 12.4. The SMILES string of the molecule is Cc1cc2c(C(N)=O)cc(F)cc2n1-c1nc(NCc2cccc(F)c2)c2c(n1)OCCCC2.O=C(Nc1nc2c(c(NCc3cccc(F)c3)n1)CCCOC2)c1c[nH]cn1. The smallest absolute Gasteiger partial charge is 0.278 e. The molecule has 0 fully saturated rings. The third-order valence-electron chi connectivity index (χ3n) is 10.3. The van der Waals surface area contributed by atoms with Crippen molar-refractivity contribution in [1.82, 2.24) is 34.5 Å². The molecule has 6 N–H and O–H groups in total. The average molecular weight is 846 g/mol. The molecule has 6 heterocycles. The van der Waals surface area contributed by atoms with Gasteiger partial charge in [0, 0.05) is 42.5 Å². The number of fused-ring (bicyclic) bond motifs is 3. The second kappa shape index (κ2) is 18.5. The zero-order valence-corrected chi connectivity index (χ0v) is 33.6. The second-order valence-corrected chi connectivity index (χ2v) is 14.7. The molecule has 318 valence electrons. The van der Waals surface area contributed by atoms with Crippen LogP contribution in [-0.2, 0) is 37.3 Å². The van der Waals surface area contributed by atoms with Crippen molar-refractivity contribution in [3.63, 3.8) is 0 Å². The second-order valence-electron chi connectivity index (χ2n) is 14.7. The van der Waals surface area contributed by atoms with E-state index >= 15 is 0 Å². The summed E-state index contributed by atoms with van der Waals surface area (Å²) in [6, 6.07) is 16.9. The number of benzene rings is 3. The summed E-state index contributed by atoms with van der Waals surface area (Å²) in [5, 5.41) is 9.72. The van der Waals surface area contributed by atoms with E-state index in [4.69, 9.17) is 20.2 Å². The first-order valence-electron chi connectivity index (χ1n) is 20.0. The van der Waals surface area contributed by atoms with Crippen LogP contribution in [0.3, 0.4) is 0 Å². The minimum Gasteiger partial charge on any atom is -0.477 e. The van der Waals surface area contributed by atoms with Crippen LogP contribution in [0.5, 0.6) is 5.88 Å². The number of halogens is 3. The van der Waals surface area contributed by atoms with Crippen LogP contribution in [0.25, 0.3) is 16.9 Å². The van der Waals surface area contributed by atoms with Gasteiger partial charge in [-0.05, 0) is 92.6 Å². The Morgan fingerprint density at radius 1 is 0.823 bits per heavy atom. The summed E-state index contributed by atoms with van der Waals surface area (Å²) in [7, 11) is 0. The molecule has 0 aliphatic carbocycles. The van der Waals surface area contributed by atoms with E-state index in [0.717, 1.165) is 66.1 Å². The number of nitrogens with two attached hydrogens (primary N) is 1. The molecule has 2 aliphatic heterocycles. The van der Waals surface area contributed by atoms with E-state index in [-0.39, 0.29) is 34.8 Å². The number of nitrogens with one attached hydrogen (secondary N) is 4. The average Bonchev–Trinajstić information content (AvgIpc) is 3.74. The summed E-state index contributed by atoms with van der Waals surface area (Å²) in [5.41, 5.74) is 11.0. The number of aromatic amines is 1. The van der Waals surface area contributed by atoms with Crippen molar-refractivity contribution in [3.8, 4) is 11.8 Å². The molecule has 2 amide bonds. The fraction of sp³-hybridized carbons (Fsp3) is 0.250. The van der Waals surface area contributed by atoms with E-state index in [1.165, 1.54) is 42.9 Å². The number of imidazole rings is 1. The van der Waals surface area contributed by atoms with E-state index in [9.17, 15) is 22.8 Å². The molecule has 18 heteroatoms. The van der Waals surface area contributed by atoms with E-state index in [1.807, 2.05) is 19.1 Å². The standard InChI is InChI=1S/C25H23F2N5O2.C19H19FN6O2/c1-14-9-19-20(22(28)33)11-17(27)12-21(19)32(14)25-30-23(18-7-2-3-8-34-24(18)31-25)29-13-15-5-4-6-16(26)10-15;20-13-4-1-3-12(7-13)8-22-17-14-5-2-6-28-10-16(14)24-19(25-17)26-18(27)15-9-21-11-23-15/h4-6,9-12H,2-3,7-8,13H2,1H3,(H2,28,33)(H,29,30,31);1,3-4,7,9,11H,2,5-6,8,10H2,(H,21,23)(H2,22,24,25,26,27). The van der Waals surface area contributed by atoms with Gasteiger partial charge in [-0.1, -0.05) is 24.3 Å². The Hall–Kier alpha value is -7.34. The molecule has 2 aliphatic rings. The lowest BCUT2D eigenvalue weighted by molar-refractivity contribution is 0.0998. The first kappa shape index (κ1) is 41.4. The molecule has 0 saturated heterocycles. The van der Waals surface area contributed by atoms with Crippen LogP contribution in [-0.4, -0.2) is 59.5 Å². The van der Waals surface area contributed by atoms with Gasteiger partial charge < -0.3 is 30.8 Å². The number of ether oxygens (including phenoxy) is 2. The third-order valence-corrected chi connectivity index (χ3v) is 10.3. The number of primary amides is 1. The molecular weight excluding hydrogens is 804 g/mol. The number of aromatic nitrogens is 7. The van der Waals surface area contributed by atoms with Crippen LogP contribution in [0.15, 0.2) is 79.3 Å².